The number of hydrogen-bond donors (Lipinski definition) is 0. The van der Waals surface area contributed by atoms with E-state index in [1.807, 2.05) is 0 Å². The summed E-state index contributed by atoms with van der Waals surface area (Å²) in [5, 5.41) is 0.383. The molecule has 0 N–H and O–H groups in total. The number of rotatable bonds is 3. The molecule has 4 nitrogen and oxygen atoms in total. The molecule has 1 fully saturated rings. The van der Waals surface area contributed by atoms with Gasteiger partial charge < -0.3 is 13.9 Å². The molecule has 2 atom stereocenters. The van der Waals surface area contributed by atoms with E-state index in [1.165, 1.54) is 12.1 Å². The third kappa shape index (κ3) is 5.20. The lowest BCUT2D eigenvalue weighted by Gasteiger charge is -2.46. The third-order valence-electron chi connectivity index (χ3n) is 9.16. The van der Waals surface area contributed by atoms with Crippen LogP contribution in [0.1, 0.15) is 99.6 Å². The predicted octanol–water partition coefficient (Wildman–Crippen LogP) is 8.91. The lowest BCUT2D eigenvalue weighted by Crippen LogP contribution is -2.44. The number of pyridine rings is 1. The topological polar surface area (TPSA) is 40.6 Å². The number of ether oxygens (including phenoxy) is 2. The van der Waals surface area contributed by atoms with Crippen molar-refractivity contribution in [2.45, 2.75) is 102 Å². The maximum absolute atomic E-state index is 13.3. The Balaban J connectivity index is 1.70. The van der Waals surface area contributed by atoms with E-state index in [0.29, 0.717) is 36.8 Å². The molecule has 3 heterocycles. The molecule has 5 rings (SSSR count). The van der Waals surface area contributed by atoms with Crippen molar-refractivity contribution in [3.63, 3.8) is 0 Å². The molecular weight excluding hydrogens is 543 g/mol. The zero-order valence-electron chi connectivity index (χ0n) is 23.9. The molecule has 0 radical (unpaired) electrons. The molecule has 2 aliphatic heterocycles. The molecule has 3 aliphatic rings. The van der Waals surface area contributed by atoms with Crippen LogP contribution in [0.25, 0.3) is 0 Å². The molecule has 0 amide bonds. The first-order chi connectivity index (χ1) is 17.9. The number of aromatic nitrogens is 1. The number of benzene rings is 1. The van der Waals surface area contributed by atoms with Crippen molar-refractivity contribution in [1.82, 2.24) is 4.98 Å². The van der Waals surface area contributed by atoms with Crippen molar-refractivity contribution in [2.75, 3.05) is 13.2 Å². The summed E-state index contributed by atoms with van der Waals surface area (Å²) in [6, 6.07) is 5.22. The molecule has 1 unspecified atom stereocenters. The molecule has 1 aromatic carbocycles. The van der Waals surface area contributed by atoms with Gasteiger partial charge in [-0.05, 0) is 54.1 Å². The molecule has 1 aromatic heterocycles. The normalized spacial score (nSPS) is 24.5. The van der Waals surface area contributed by atoms with Crippen LogP contribution in [-0.4, -0.2) is 26.5 Å². The monoisotopic (exact) mass is 581 g/mol. The fourth-order valence-corrected chi connectivity index (χ4v) is 7.66. The zero-order valence-corrected chi connectivity index (χ0v) is 25.6. The van der Waals surface area contributed by atoms with Gasteiger partial charge in [-0.2, -0.15) is 13.2 Å². The number of nitrogens with zero attached hydrogens (tertiary/aromatic N) is 1. The minimum atomic E-state index is -4.41. The number of hydrogen-bond acceptors (Lipinski definition) is 4. The predicted molar refractivity (Wildman–Crippen MR) is 148 cm³/mol. The Morgan fingerprint density at radius 1 is 1.03 bits per heavy atom. The van der Waals surface area contributed by atoms with E-state index < -0.39 is 31.8 Å². The lowest BCUT2D eigenvalue weighted by molar-refractivity contribution is -0.137. The molecule has 2 aromatic rings. The fourth-order valence-electron chi connectivity index (χ4n) is 6.10. The van der Waals surface area contributed by atoms with Crippen LogP contribution in [0.3, 0.4) is 0 Å². The highest BCUT2D eigenvalue weighted by Crippen LogP contribution is 2.59. The van der Waals surface area contributed by atoms with Crippen LogP contribution in [0.5, 0.6) is 0 Å². The molecule has 1 spiro atoms. The minimum Gasteiger partial charge on any atom is -0.410 e. The van der Waals surface area contributed by atoms with Gasteiger partial charge in [0.1, 0.15) is 11.3 Å². The van der Waals surface area contributed by atoms with Crippen molar-refractivity contribution < 1.29 is 27.1 Å². The number of fused-ring (bicyclic) bond motifs is 4. The van der Waals surface area contributed by atoms with Gasteiger partial charge >= 0.3 is 6.18 Å². The van der Waals surface area contributed by atoms with Crippen molar-refractivity contribution in [1.29, 1.82) is 0 Å². The Kier molecular flexibility index (Phi) is 7.11. The molecule has 1 saturated heterocycles. The second-order valence-corrected chi connectivity index (χ2v) is 18.8. The van der Waals surface area contributed by atoms with E-state index in [1.54, 1.807) is 0 Å². The molecular formula is C30H39ClF3NO3Si. The van der Waals surface area contributed by atoms with E-state index in [-0.39, 0.29) is 16.6 Å². The van der Waals surface area contributed by atoms with E-state index in [0.717, 1.165) is 47.4 Å². The summed E-state index contributed by atoms with van der Waals surface area (Å²) in [5.74, 6) is 0. The summed E-state index contributed by atoms with van der Waals surface area (Å²) < 4.78 is 59.7. The van der Waals surface area contributed by atoms with Gasteiger partial charge in [-0.3, -0.25) is 0 Å². The second-order valence-electron chi connectivity index (χ2n) is 13.7. The van der Waals surface area contributed by atoms with Gasteiger partial charge in [-0.1, -0.05) is 58.4 Å². The standard InChI is InChI=1S/C30H39ClF3NO3Si/c1-27(2,3)39(6,7)38-21-17-28(4,5)16-20-22(21)24-23(26(31)35-20)25(37-29(24)12-14-36-15-13-29)18-8-10-19(11-9-18)30(32,33)34/h8-11,21,25H,12-17H2,1-7H3/t21?,25-/m1/s1. The van der Waals surface area contributed by atoms with E-state index in [4.69, 9.17) is 30.5 Å². The van der Waals surface area contributed by atoms with Crippen LogP contribution in [-0.2, 0) is 32.1 Å². The summed E-state index contributed by atoms with van der Waals surface area (Å²) in [7, 11) is -2.17. The highest BCUT2D eigenvalue weighted by molar-refractivity contribution is 6.74. The van der Waals surface area contributed by atoms with Crippen molar-refractivity contribution in [3.05, 3.63) is 62.9 Å². The van der Waals surface area contributed by atoms with Gasteiger partial charge in [0.15, 0.2) is 8.32 Å². The Labute approximate surface area is 235 Å². The van der Waals surface area contributed by atoms with Crippen LogP contribution in [0.15, 0.2) is 24.3 Å². The van der Waals surface area contributed by atoms with E-state index >= 15 is 0 Å². The van der Waals surface area contributed by atoms with Gasteiger partial charge in [0.05, 0.1) is 17.3 Å². The summed E-state index contributed by atoms with van der Waals surface area (Å²) >= 11 is 6.97. The SMILES string of the molecule is CC1(C)Cc2nc(Cl)c3c(c2C(O[Si](C)(C)C(C)(C)C)C1)C1(CCOCC1)O[C@@H]3c1ccc(C(F)(F)F)cc1. The average Bonchev–Trinajstić information content (AvgIpc) is 3.12. The van der Waals surface area contributed by atoms with Crippen LogP contribution < -0.4 is 0 Å². The van der Waals surface area contributed by atoms with Gasteiger partial charge in [0, 0.05) is 48.4 Å². The van der Waals surface area contributed by atoms with E-state index in [9.17, 15) is 13.2 Å². The Morgan fingerprint density at radius 3 is 2.21 bits per heavy atom. The highest BCUT2D eigenvalue weighted by Gasteiger charge is 2.53. The molecule has 0 saturated carbocycles. The first-order valence-corrected chi connectivity index (χ1v) is 17.1. The summed E-state index contributed by atoms with van der Waals surface area (Å²) in [6.45, 7) is 16.8. The Bertz CT molecular complexity index is 1250. The first kappa shape index (κ1) is 29.1. The summed E-state index contributed by atoms with van der Waals surface area (Å²) in [5.41, 5.74) is 3.08. The molecule has 1 aliphatic carbocycles. The maximum Gasteiger partial charge on any atom is 0.416 e. The molecule has 9 heteroatoms. The summed E-state index contributed by atoms with van der Waals surface area (Å²) in [6.07, 6.45) is -2.30. The third-order valence-corrected chi connectivity index (χ3v) is 13.9. The van der Waals surface area contributed by atoms with Gasteiger partial charge in [-0.15, -0.1) is 0 Å². The van der Waals surface area contributed by atoms with E-state index in [2.05, 4.69) is 47.7 Å². The lowest BCUT2D eigenvalue weighted by atomic mass is 9.70. The quantitative estimate of drug-likeness (QED) is 0.268. The minimum absolute atomic E-state index is 0.0212. The highest BCUT2D eigenvalue weighted by atomic mass is 35.5. The smallest absolute Gasteiger partial charge is 0.410 e. The van der Waals surface area contributed by atoms with Crippen molar-refractivity contribution in [2.24, 2.45) is 5.41 Å². The molecule has 0 bridgehead atoms. The molecule has 214 valence electrons. The largest absolute Gasteiger partial charge is 0.416 e. The maximum atomic E-state index is 13.3. The summed E-state index contributed by atoms with van der Waals surface area (Å²) in [4.78, 5) is 4.94. The fraction of sp³-hybridized carbons (Fsp3) is 0.633. The van der Waals surface area contributed by atoms with Crippen molar-refractivity contribution >= 4 is 19.9 Å². The average molecular weight is 582 g/mol. The van der Waals surface area contributed by atoms with Gasteiger partial charge in [0.25, 0.3) is 0 Å². The van der Waals surface area contributed by atoms with Crippen LogP contribution >= 0.6 is 11.6 Å². The number of alkyl halides is 3. The molecule has 39 heavy (non-hydrogen) atoms. The van der Waals surface area contributed by atoms with Crippen molar-refractivity contribution in [3.8, 4) is 0 Å². The number of halogens is 4. The Hall–Kier alpha value is -1.45. The van der Waals surface area contributed by atoms with Gasteiger partial charge in [0.2, 0.25) is 0 Å². The second kappa shape index (κ2) is 9.55. The zero-order chi connectivity index (χ0) is 28.6. The van der Waals surface area contributed by atoms with Crippen LogP contribution in [0, 0.1) is 5.41 Å². The Morgan fingerprint density at radius 2 is 1.64 bits per heavy atom. The van der Waals surface area contributed by atoms with Crippen LogP contribution in [0.4, 0.5) is 13.2 Å². The first-order valence-electron chi connectivity index (χ1n) is 13.8. The van der Waals surface area contributed by atoms with Gasteiger partial charge in [-0.25, -0.2) is 4.98 Å². The van der Waals surface area contributed by atoms with Crippen LogP contribution in [0.2, 0.25) is 23.3 Å².